The number of ether oxygens (including phenoxy) is 2. The molecular formula is C24H18F2N4O4. The Morgan fingerprint density at radius 3 is 2.94 bits per heavy atom. The first kappa shape index (κ1) is 20.4. The summed E-state index contributed by atoms with van der Waals surface area (Å²) in [6, 6.07) is 9.84. The molecule has 8 nitrogen and oxygen atoms in total. The molecule has 3 N–H and O–H groups in total. The zero-order valence-corrected chi connectivity index (χ0v) is 17.6. The van der Waals surface area contributed by atoms with Crippen molar-refractivity contribution in [3.05, 3.63) is 71.4 Å². The van der Waals surface area contributed by atoms with Crippen molar-refractivity contribution in [2.75, 3.05) is 10.6 Å². The highest BCUT2D eigenvalue weighted by Crippen LogP contribution is 2.54. The van der Waals surface area contributed by atoms with Gasteiger partial charge in [-0.25, -0.2) is 18.6 Å². The smallest absolute Gasteiger partial charge is 0.319 e. The Morgan fingerprint density at radius 2 is 2.06 bits per heavy atom. The van der Waals surface area contributed by atoms with E-state index in [-0.39, 0.29) is 29.7 Å². The van der Waals surface area contributed by atoms with Crippen molar-refractivity contribution < 1.29 is 27.8 Å². The molecule has 3 aromatic rings. The maximum absolute atomic E-state index is 13.8. The molecule has 0 radical (unpaired) electrons. The van der Waals surface area contributed by atoms with Crippen molar-refractivity contribution in [3.63, 3.8) is 0 Å². The van der Waals surface area contributed by atoms with Gasteiger partial charge in [0.05, 0.1) is 17.6 Å². The molecule has 1 fully saturated rings. The Hall–Kier alpha value is -4.21. The number of nitrogens with zero attached hydrogens (tertiary/aromatic N) is 1. The van der Waals surface area contributed by atoms with E-state index in [0.717, 1.165) is 17.2 Å². The first-order valence-electron chi connectivity index (χ1n) is 10.8. The number of rotatable bonds is 4. The Morgan fingerprint density at radius 1 is 1.18 bits per heavy atom. The van der Waals surface area contributed by atoms with Crippen LogP contribution in [0.4, 0.5) is 25.1 Å². The molecular weight excluding hydrogens is 446 g/mol. The van der Waals surface area contributed by atoms with E-state index in [0.29, 0.717) is 35.9 Å². The number of hydrogen-bond donors (Lipinski definition) is 3. The summed E-state index contributed by atoms with van der Waals surface area (Å²) in [5.41, 5.74) is 1.49. The van der Waals surface area contributed by atoms with Crippen molar-refractivity contribution >= 4 is 23.4 Å². The van der Waals surface area contributed by atoms with Crippen LogP contribution >= 0.6 is 0 Å². The second-order valence-corrected chi connectivity index (χ2v) is 8.32. The number of carbonyl (C=O) groups is 2. The molecule has 3 unspecified atom stereocenters. The van der Waals surface area contributed by atoms with Crippen LogP contribution in [0.25, 0.3) is 0 Å². The lowest BCUT2D eigenvalue weighted by Gasteiger charge is -2.19. The van der Waals surface area contributed by atoms with Crippen molar-refractivity contribution in [1.29, 1.82) is 0 Å². The quantitative estimate of drug-likeness (QED) is 0.540. The number of amides is 3. The normalized spacial score (nSPS) is 21.4. The minimum absolute atomic E-state index is 0.0747. The Kier molecular flexibility index (Phi) is 4.61. The summed E-state index contributed by atoms with van der Waals surface area (Å²) in [6.45, 7) is 0. The highest BCUT2D eigenvalue weighted by molar-refractivity contribution is 5.93. The number of aromatic nitrogens is 1. The average Bonchev–Trinajstić information content (AvgIpc) is 3.33. The van der Waals surface area contributed by atoms with Crippen molar-refractivity contribution in [2.24, 2.45) is 0 Å². The minimum atomic E-state index is -1.12. The van der Waals surface area contributed by atoms with E-state index in [9.17, 15) is 18.4 Å². The van der Waals surface area contributed by atoms with Crippen LogP contribution in [-0.2, 0) is 11.2 Å². The lowest BCUT2D eigenvalue weighted by atomic mass is 10.1. The molecule has 172 valence electrons. The number of carbonyl (C=O) groups excluding carboxylic acids is 2. The van der Waals surface area contributed by atoms with Gasteiger partial charge in [-0.05, 0) is 42.8 Å². The number of fused-ring (bicyclic) bond motifs is 4. The van der Waals surface area contributed by atoms with Crippen LogP contribution < -0.4 is 25.4 Å². The predicted molar refractivity (Wildman–Crippen MR) is 117 cm³/mol. The van der Waals surface area contributed by atoms with Gasteiger partial charge in [0.1, 0.15) is 29.2 Å². The summed E-state index contributed by atoms with van der Waals surface area (Å²) in [7, 11) is 0. The van der Waals surface area contributed by atoms with Gasteiger partial charge in [0.15, 0.2) is 11.6 Å². The van der Waals surface area contributed by atoms with E-state index in [1.54, 1.807) is 18.3 Å². The SMILES string of the molecule is O=C1CCc2c(Oc3ccc4c(c3)C3C(NC(=O)Nc5cccc(F)c5F)C3O4)ccnc2N1. The molecule has 0 bridgehead atoms. The highest BCUT2D eigenvalue weighted by Gasteiger charge is 2.59. The maximum Gasteiger partial charge on any atom is 0.319 e. The minimum Gasteiger partial charge on any atom is -0.487 e. The summed E-state index contributed by atoms with van der Waals surface area (Å²) in [5.74, 6) is 0.111. The van der Waals surface area contributed by atoms with Gasteiger partial charge >= 0.3 is 6.03 Å². The van der Waals surface area contributed by atoms with Crippen LogP contribution in [0.5, 0.6) is 17.2 Å². The van der Waals surface area contributed by atoms with Gasteiger partial charge in [0, 0.05) is 23.7 Å². The molecule has 34 heavy (non-hydrogen) atoms. The average molecular weight is 464 g/mol. The van der Waals surface area contributed by atoms with Gasteiger partial charge in [-0.15, -0.1) is 0 Å². The van der Waals surface area contributed by atoms with Crippen molar-refractivity contribution in [2.45, 2.75) is 30.9 Å². The topological polar surface area (TPSA) is 102 Å². The van der Waals surface area contributed by atoms with E-state index in [4.69, 9.17) is 9.47 Å². The fraction of sp³-hybridized carbons (Fsp3) is 0.208. The van der Waals surface area contributed by atoms with Gasteiger partial charge in [0.25, 0.3) is 0 Å². The molecule has 6 rings (SSSR count). The summed E-state index contributed by atoms with van der Waals surface area (Å²) >= 11 is 0. The van der Waals surface area contributed by atoms with Crippen LogP contribution in [0.2, 0.25) is 0 Å². The number of nitrogens with one attached hydrogen (secondary N) is 3. The second kappa shape index (κ2) is 7.68. The van der Waals surface area contributed by atoms with Gasteiger partial charge in [-0.2, -0.15) is 0 Å². The molecule has 0 saturated heterocycles. The van der Waals surface area contributed by atoms with Crippen LogP contribution in [0, 0.1) is 11.6 Å². The molecule has 2 aliphatic heterocycles. The van der Waals surface area contributed by atoms with E-state index >= 15 is 0 Å². The van der Waals surface area contributed by atoms with E-state index in [2.05, 4.69) is 20.9 Å². The third-order valence-electron chi connectivity index (χ3n) is 6.16. The van der Waals surface area contributed by atoms with Gasteiger partial charge in [0.2, 0.25) is 5.91 Å². The zero-order valence-electron chi connectivity index (χ0n) is 17.6. The Balaban J connectivity index is 1.15. The molecule has 2 aromatic carbocycles. The molecule has 3 heterocycles. The highest BCUT2D eigenvalue weighted by atomic mass is 19.2. The monoisotopic (exact) mass is 464 g/mol. The molecule has 1 aliphatic carbocycles. The van der Waals surface area contributed by atoms with Gasteiger partial charge in [-0.3, -0.25) is 4.79 Å². The van der Waals surface area contributed by atoms with Crippen LogP contribution in [0.1, 0.15) is 23.5 Å². The number of pyridine rings is 1. The predicted octanol–water partition coefficient (Wildman–Crippen LogP) is 4.09. The molecule has 3 amide bonds. The molecule has 1 saturated carbocycles. The van der Waals surface area contributed by atoms with Crippen molar-refractivity contribution in [1.82, 2.24) is 10.3 Å². The fourth-order valence-electron chi connectivity index (χ4n) is 4.47. The fourth-order valence-corrected chi connectivity index (χ4v) is 4.47. The number of hydrogen-bond acceptors (Lipinski definition) is 5. The molecule has 3 aliphatic rings. The van der Waals surface area contributed by atoms with Crippen LogP contribution in [0.15, 0.2) is 48.7 Å². The van der Waals surface area contributed by atoms with E-state index in [1.165, 1.54) is 12.1 Å². The number of halogens is 2. The Labute approximate surface area is 192 Å². The lowest BCUT2D eigenvalue weighted by Crippen LogP contribution is -2.34. The van der Waals surface area contributed by atoms with Gasteiger partial charge in [-0.1, -0.05) is 6.07 Å². The van der Waals surface area contributed by atoms with Gasteiger partial charge < -0.3 is 25.4 Å². The first-order valence-corrected chi connectivity index (χ1v) is 10.8. The largest absolute Gasteiger partial charge is 0.487 e. The number of anilines is 2. The third kappa shape index (κ3) is 3.47. The second-order valence-electron chi connectivity index (χ2n) is 8.32. The lowest BCUT2D eigenvalue weighted by molar-refractivity contribution is -0.116. The summed E-state index contributed by atoms with van der Waals surface area (Å²) in [6.07, 6.45) is 2.24. The van der Waals surface area contributed by atoms with Crippen LogP contribution in [-0.4, -0.2) is 29.1 Å². The molecule has 10 heteroatoms. The summed E-state index contributed by atoms with van der Waals surface area (Å²) in [4.78, 5) is 28.1. The van der Waals surface area contributed by atoms with Crippen LogP contribution in [0.3, 0.4) is 0 Å². The molecule has 3 atom stereocenters. The standard InChI is InChI=1S/C24H18F2N4O4/c25-14-2-1-3-15(20(14)26)28-24(32)30-21-19-13-10-11(4-6-16(13)34-22(19)21)33-17-8-9-27-23-12(17)5-7-18(31)29-23/h1-4,6,8-10,19,21-22H,5,7H2,(H,27,29,31)(H2,28,30,32). The van der Waals surface area contributed by atoms with Crippen molar-refractivity contribution in [3.8, 4) is 17.2 Å². The third-order valence-corrected chi connectivity index (χ3v) is 6.16. The first-order chi connectivity index (χ1) is 16.5. The zero-order chi connectivity index (χ0) is 23.4. The number of benzene rings is 2. The summed E-state index contributed by atoms with van der Waals surface area (Å²) in [5, 5.41) is 7.83. The van der Waals surface area contributed by atoms with E-state index < -0.39 is 17.7 Å². The maximum atomic E-state index is 13.8. The summed E-state index contributed by atoms with van der Waals surface area (Å²) < 4.78 is 39.2. The Bertz CT molecular complexity index is 1350. The molecule has 0 spiro atoms. The van der Waals surface area contributed by atoms with E-state index in [1.807, 2.05) is 12.1 Å². The molecule has 1 aromatic heterocycles. The number of urea groups is 1.